The fraction of sp³-hybridized carbons (Fsp3) is 0.0476. The fourth-order valence-corrected chi connectivity index (χ4v) is 3.20. The predicted molar refractivity (Wildman–Crippen MR) is 106 cm³/mol. The van der Waals surface area contributed by atoms with Crippen molar-refractivity contribution < 1.29 is 9.18 Å². The quantitative estimate of drug-likeness (QED) is 0.446. The normalized spacial score (nSPS) is 10.8. The van der Waals surface area contributed by atoms with Crippen LogP contribution < -0.4 is 4.90 Å². The first-order valence-electron chi connectivity index (χ1n) is 8.04. The van der Waals surface area contributed by atoms with Gasteiger partial charge in [0.15, 0.2) is 5.13 Å². The maximum absolute atomic E-state index is 13.0. The van der Waals surface area contributed by atoms with Crippen LogP contribution >= 0.6 is 11.3 Å². The molecule has 1 amide bonds. The van der Waals surface area contributed by atoms with Crippen LogP contribution in [0.25, 0.3) is 17.3 Å². The number of halogens is 1. The fourth-order valence-electron chi connectivity index (χ4n) is 2.35. The van der Waals surface area contributed by atoms with Crippen LogP contribution in [0.15, 0.2) is 78.7 Å². The largest absolute Gasteiger partial charge is 0.281 e. The van der Waals surface area contributed by atoms with Crippen molar-refractivity contribution in [3.8, 4) is 11.3 Å². The molecule has 0 radical (unpaired) electrons. The van der Waals surface area contributed by atoms with Crippen LogP contribution in [0.4, 0.5) is 9.52 Å². The highest BCUT2D eigenvalue weighted by Crippen LogP contribution is 2.27. The lowest BCUT2D eigenvalue weighted by Gasteiger charge is -2.15. The minimum absolute atomic E-state index is 0.205. The van der Waals surface area contributed by atoms with Crippen molar-refractivity contribution in [2.75, 3.05) is 11.4 Å². The highest BCUT2D eigenvalue weighted by Gasteiger charge is 2.16. The van der Waals surface area contributed by atoms with Crippen molar-refractivity contribution >= 4 is 28.5 Å². The second-order valence-electron chi connectivity index (χ2n) is 5.50. The Labute approximate surface area is 155 Å². The molecule has 0 aliphatic carbocycles. The topological polar surface area (TPSA) is 33.2 Å². The number of rotatable bonds is 6. The van der Waals surface area contributed by atoms with E-state index in [2.05, 4.69) is 11.6 Å². The van der Waals surface area contributed by atoms with Gasteiger partial charge in [-0.3, -0.25) is 9.69 Å². The first kappa shape index (κ1) is 17.8. The Morgan fingerprint density at radius 2 is 1.88 bits per heavy atom. The molecule has 0 aliphatic heterocycles. The van der Waals surface area contributed by atoms with Gasteiger partial charge in [0.2, 0.25) is 0 Å². The Hall–Kier alpha value is -3.05. The van der Waals surface area contributed by atoms with E-state index in [0.29, 0.717) is 11.7 Å². The van der Waals surface area contributed by atoms with Gasteiger partial charge in [-0.15, -0.1) is 17.9 Å². The Morgan fingerprint density at radius 3 is 2.58 bits per heavy atom. The molecule has 0 atom stereocenters. The Bertz CT molecular complexity index is 917. The van der Waals surface area contributed by atoms with Gasteiger partial charge in [-0.25, -0.2) is 9.37 Å². The van der Waals surface area contributed by atoms with E-state index in [9.17, 15) is 9.18 Å². The van der Waals surface area contributed by atoms with E-state index in [4.69, 9.17) is 0 Å². The van der Waals surface area contributed by atoms with Crippen LogP contribution in [-0.2, 0) is 4.79 Å². The van der Waals surface area contributed by atoms with Crippen molar-refractivity contribution in [1.82, 2.24) is 4.98 Å². The van der Waals surface area contributed by atoms with Crippen LogP contribution in [0.1, 0.15) is 5.56 Å². The molecule has 0 saturated carbocycles. The summed E-state index contributed by atoms with van der Waals surface area (Å²) in [6.07, 6.45) is 4.77. The summed E-state index contributed by atoms with van der Waals surface area (Å²) in [5.41, 5.74) is 2.58. The zero-order valence-electron chi connectivity index (χ0n) is 14.0. The van der Waals surface area contributed by atoms with E-state index in [1.165, 1.54) is 29.5 Å². The van der Waals surface area contributed by atoms with E-state index in [1.807, 2.05) is 35.7 Å². The molecule has 3 aromatic rings. The van der Waals surface area contributed by atoms with E-state index >= 15 is 0 Å². The molecule has 1 heterocycles. The molecule has 2 aromatic carbocycles. The molecule has 1 aromatic heterocycles. The van der Waals surface area contributed by atoms with Crippen LogP contribution in [0.2, 0.25) is 0 Å². The summed E-state index contributed by atoms with van der Waals surface area (Å²) in [5, 5.41) is 2.54. The maximum Gasteiger partial charge on any atom is 0.253 e. The third-order valence-electron chi connectivity index (χ3n) is 3.66. The number of hydrogen-bond donors (Lipinski definition) is 0. The molecule has 0 fully saturated rings. The van der Waals surface area contributed by atoms with Gasteiger partial charge in [-0.2, -0.15) is 0 Å². The Kier molecular flexibility index (Phi) is 5.71. The molecule has 0 unspecified atom stereocenters. The molecular formula is C21H17FN2OS. The SMILES string of the molecule is C=CCN(C(=O)C=Cc1ccc(F)cc1)c1nc(-c2ccccc2)cs1. The summed E-state index contributed by atoms with van der Waals surface area (Å²) in [5.74, 6) is -0.513. The van der Waals surface area contributed by atoms with Crippen molar-refractivity contribution in [1.29, 1.82) is 0 Å². The molecule has 0 bridgehead atoms. The highest BCUT2D eigenvalue weighted by atomic mass is 32.1. The van der Waals surface area contributed by atoms with Crippen molar-refractivity contribution in [2.24, 2.45) is 0 Å². The third kappa shape index (κ3) is 4.32. The van der Waals surface area contributed by atoms with E-state index < -0.39 is 0 Å². The number of thiazole rings is 1. The van der Waals surface area contributed by atoms with Gasteiger partial charge in [0.05, 0.1) is 5.69 Å². The summed E-state index contributed by atoms with van der Waals surface area (Å²) in [4.78, 5) is 18.7. The van der Waals surface area contributed by atoms with Gasteiger partial charge < -0.3 is 0 Å². The van der Waals surface area contributed by atoms with Crippen LogP contribution in [0.3, 0.4) is 0 Å². The number of benzene rings is 2. The predicted octanol–water partition coefficient (Wildman–Crippen LogP) is 5.18. The van der Waals surface area contributed by atoms with Gasteiger partial charge in [-0.1, -0.05) is 48.5 Å². The number of nitrogens with zero attached hydrogens (tertiary/aromatic N) is 2. The zero-order valence-corrected chi connectivity index (χ0v) is 14.8. The average Bonchev–Trinajstić information content (AvgIpc) is 3.16. The molecule has 0 saturated heterocycles. The van der Waals surface area contributed by atoms with Crippen LogP contribution in [0, 0.1) is 5.82 Å². The first-order chi connectivity index (χ1) is 12.7. The first-order valence-corrected chi connectivity index (χ1v) is 8.92. The lowest BCUT2D eigenvalue weighted by Crippen LogP contribution is -2.29. The van der Waals surface area contributed by atoms with E-state index in [1.54, 1.807) is 29.2 Å². The highest BCUT2D eigenvalue weighted by molar-refractivity contribution is 7.14. The number of carbonyl (C=O) groups excluding carboxylic acids is 1. The summed E-state index contributed by atoms with van der Waals surface area (Å²) < 4.78 is 13.0. The monoisotopic (exact) mass is 364 g/mol. The molecule has 5 heteroatoms. The molecule has 0 N–H and O–H groups in total. The van der Waals surface area contributed by atoms with Gasteiger partial charge in [0, 0.05) is 23.6 Å². The number of carbonyl (C=O) groups is 1. The Morgan fingerprint density at radius 1 is 1.15 bits per heavy atom. The lowest BCUT2D eigenvalue weighted by molar-refractivity contribution is -0.114. The standard InChI is InChI=1S/C21H17FN2OS/c1-2-14-24(20(25)13-10-16-8-11-18(22)12-9-16)21-23-19(15-26-21)17-6-4-3-5-7-17/h2-13,15H,1,14H2. The second-order valence-corrected chi connectivity index (χ2v) is 6.34. The Balaban J connectivity index is 1.80. The third-order valence-corrected chi connectivity index (χ3v) is 4.52. The zero-order chi connectivity index (χ0) is 18.4. The maximum atomic E-state index is 13.0. The molecule has 26 heavy (non-hydrogen) atoms. The van der Waals surface area contributed by atoms with Gasteiger partial charge in [-0.05, 0) is 23.8 Å². The van der Waals surface area contributed by atoms with E-state index in [0.717, 1.165) is 16.8 Å². The molecular weight excluding hydrogens is 347 g/mol. The van der Waals surface area contributed by atoms with Gasteiger partial charge >= 0.3 is 0 Å². The van der Waals surface area contributed by atoms with Gasteiger partial charge in [0.25, 0.3) is 5.91 Å². The number of hydrogen-bond acceptors (Lipinski definition) is 3. The van der Waals surface area contributed by atoms with Crippen molar-refractivity contribution in [3.63, 3.8) is 0 Å². The summed E-state index contributed by atoms with van der Waals surface area (Å²) >= 11 is 1.41. The van der Waals surface area contributed by atoms with Crippen LogP contribution in [0.5, 0.6) is 0 Å². The number of anilines is 1. The van der Waals surface area contributed by atoms with E-state index in [-0.39, 0.29) is 11.7 Å². The summed E-state index contributed by atoms with van der Waals surface area (Å²) in [7, 11) is 0. The smallest absolute Gasteiger partial charge is 0.253 e. The van der Waals surface area contributed by atoms with Crippen molar-refractivity contribution in [3.05, 3.63) is 90.1 Å². The molecule has 0 spiro atoms. The number of aromatic nitrogens is 1. The summed E-state index contributed by atoms with van der Waals surface area (Å²) in [6, 6.07) is 15.8. The summed E-state index contributed by atoms with van der Waals surface area (Å²) in [6.45, 7) is 4.07. The van der Waals surface area contributed by atoms with Gasteiger partial charge in [0.1, 0.15) is 5.82 Å². The molecule has 3 nitrogen and oxygen atoms in total. The molecule has 0 aliphatic rings. The lowest BCUT2D eigenvalue weighted by atomic mass is 10.2. The second kappa shape index (κ2) is 8.36. The molecule has 3 rings (SSSR count). The number of amides is 1. The minimum atomic E-state index is -0.307. The average molecular weight is 364 g/mol. The minimum Gasteiger partial charge on any atom is -0.281 e. The molecule has 130 valence electrons. The van der Waals surface area contributed by atoms with Crippen LogP contribution in [-0.4, -0.2) is 17.4 Å². The van der Waals surface area contributed by atoms with Crippen molar-refractivity contribution in [2.45, 2.75) is 0 Å².